The van der Waals surface area contributed by atoms with E-state index in [9.17, 15) is 4.79 Å². The van der Waals surface area contributed by atoms with Crippen LogP contribution in [0.3, 0.4) is 0 Å². The highest BCUT2D eigenvalue weighted by Gasteiger charge is 2.27. The Morgan fingerprint density at radius 1 is 1.29 bits per heavy atom. The van der Waals surface area contributed by atoms with E-state index in [1.807, 2.05) is 19.1 Å². The van der Waals surface area contributed by atoms with Gasteiger partial charge in [0.2, 0.25) is 0 Å². The average molecular weight is 481 g/mol. The van der Waals surface area contributed by atoms with E-state index in [1.54, 1.807) is 30.2 Å². The number of ether oxygens (including phenoxy) is 3. The van der Waals surface area contributed by atoms with Gasteiger partial charge in [-0.1, -0.05) is 40.6 Å². The third-order valence-electron chi connectivity index (χ3n) is 5.10. The van der Waals surface area contributed by atoms with E-state index in [1.165, 1.54) is 11.3 Å². The van der Waals surface area contributed by atoms with Crippen LogP contribution >= 0.6 is 34.5 Å². The Bertz CT molecular complexity index is 1100. The molecule has 3 aromatic rings. The molecule has 0 aliphatic carbocycles. The second-order valence-corrected chi connectivity index (χ2v) is 9.08. The highest BCUT2D eigenvalue weighted by molar-refractivity contribution is 7.22. The average Bonchev–Trinajstić information content (AvgIpc) is 3.42. The molecule has 1 aromatic heterocycles. The lowest BCUT2D eigenvalue weighted by Crippen LogP contribution is -2.40. The maximum absolute atomic E-state index is 13.2. The monoisotopic (exact) mass is 480 g/mol. The van der Waals surface area contributed by atoms with E-state index >= 15 is 0 Å². The van der Waals surface area contributed by atoms with Crippen molar-refractivity contribution in [1.29, 1.82) is 0 Å². The van der Waals surface area contributed by atoms with E-state index in [0.29, 0.717) is 39.8 Å². The van der Waals surface area contributed by atoms with Gasteiger partial charge in [-0.25, -0.2) is 4.98 Å². The number of hydrogen-bond acceptors (Lipinski definition) is 6. The van der Waals surface area contributed by atoms with Crippen LogP contribution in [0.25, 0.3) is 10.2 Å². The fourth-order valence-corrected chi connectivity index (χ4v) is 5.01. The topological polar surface area (TPSA) is 60.9 Å². The van der Waals surface area contributed by atoms with Crippen LogP contribution in [0.1, 0.15) is 18.4 Å². The number of nitrogens with zero attached hydrogens (tertiary/aromatic N) is 2. The highest BCUT2D eigenvalue weighted by Crippen LogP contribution is 2.37. The van der Waals surface area contributed by atoms with Gasteiger partial charge in [-0.2, -0.15) is 0 Å². The van der Waals surface area contributed by atoms with Crippen molar-refractivity contribution in [3.05, 3.63) is 45.9 Å². The first kappa shape index (κ1) is 22.1. The summed E-state index contributed by atoms with van der Waals surface area (Å²) in [7, 11) is 1.61. The van der Waals surface area contributed by atoms with Gasteiger partial charge in [0.1, 0.15) is 17.0 Å². The fraction of sp³-hybridized carbons (Fsp3) is 0.364. The van der Waals surface area contributed by atoms with Crippen LogP contribution in [0.15, 0.2) is 30.3 Å². The molecule has 0 spiro atoms. The van der Waals surface area contributed by atoms with E-state index in [-0.39, 0.29) is 18.6 Å². The van der Waals surface area contributed by atoms with Crippen molar-refractivity contribution in [2.24, 2.45) is 0 Å². The number of fused-ring (bicyclic) bond motifs is 1. The summed E-state index contributed by atoms with van der Waals surface area (Å²) < 4.78 is 17.9. The molecule has 1 unspecified atom stereocenters. The van der Waals surface area contributed by atoms with Crippen molar-refractivity contribution in [3.63, 3.8) is 0 Å². The summed E-state index contributed by atoms with van der Waals surface area (Å²) in [6, 6.07) is 8.77. The molecule has 4 rings (SSSR count). The molecule has 31 heavy (non-hydrogen) atoms. The fourth-order valence-electron chi connectivity index (χ4n) is 3.47. The molecule has 0 radical (unpaired) electrons. The number of aryl methyl sites for hydroxylation is 1. The number of anilines is 1. The first-order valence-corrected chi connectivity index (χ1v) is 11.5. The summed E-state index contributed by atoms with van der Waals surface area (Å²) in [6.45, 7) is 2.95. The predicted molar refractivity (Wildman–Crippen MR) is 124 cm³/mol. The zero-order valence-corrected chi connectivity index (χ0v) is 19.5. The molecule has 1 aliphatic heterocycles. The van der Waals surface area contributed by atoms with Gasteiger partial charge in [0.05, 0.1) is 29.5 Å². The normalized spacial score (nSPS) is 15.9. The molecular weight excluding hydrogens is 459 g/mol. The molecule has 0 bridgehead atoms. The number of halogens is 2. The van der Waals surface area contributed by atoms with Crippen LogP contribution in [0, 0.1) is 6.92 Å². The molecule has 0 N–H and O–H groups in total. The van der Waals surface area contributed by atoms with Crippen LogP contribution in [0.2, 0.25) is 10.0 Å². The van der Waals surface area contributed by atoms with E-state index in [4.69, 9.17) is 42.4 Å². The van der Waals surface area contributed by atoms with Gasteiger partial charge in [0, 0.05) is 11.6 Å². The predicted octanol–water partition coefficient (Wildman–Crippen LogP) is 5.51. The molecule has 2 aromatic carbocycles. The first-order valence-electron chi connectivity index (χ1n) is 9.90. The summed E-state index contributed by atoms with van der Waals surface area (Å²) in [5, 5.41) is 1.45. The number of amides is 1. The Morgan fingerprint density at radius 3 is 2.81 bits per heavy atom. The number of benzene rings is 2. The molecular formula is C22H22Cl2N2O4S. The number of carbonyl (C=O) groups is 1. The van der Waals surface area contributed by atoms with Crippen molar-refractivity contribution in [3.8, 4) is 11.5 Å². The van der Waals surface area contributed by atoms with Gasteiger partial charge < -0.3 is 14.2 Å². The zero-order chi connectivity index (χ0) is 22.0. The minimum Gasteiger partial charge on any atom is -0.494 e. The molecule has 1 aliphatic rings. The van der Waals surface area contributed by atoms with Gasteiger partial charge in [-0.15, -0.1) is 0 Å². The van der Waals surface area contributed by atoms with Gasteiger partial charge in [-0.3, -0.25) is 9.69 Å². The van der Waals surface area contributed by atoms with Gasteiger partial charge in [-0.05, 0) is 49.6 Å². The molecule has 1 fully saturated rings. The number of carbonyl (C=O) groups excluding carboxylic acids is 1. The number of hydrogen-bond donors (Lipinski definition) is 0. The Kier molecular flexibility index (Phi) is 6.86. The smallest absolute Gasteiger partial charge is 0.266 e. The van der Waals surface area contributed by atoms with Crippen LogP contribution in [0.5, 0.6) is 11.5 Å². The van der Waals surface area contributed by atoms with Crippen molar-refractivity contribution in [2.75, 3.05) is 31.8 Å². The minimum absolute atomic E-state index is 0.0296. The van der Waals surface area contributed by atoms with Gasteiger partial charge in [0.25, 0.3) is 5.91 Å². The van der Waals surface area contributed by atoms with Crippen molar-refractivity contribution in [1.82, 2.24) is 4.98 Å². The SMILES string of the molecule is COc1ccc(C)c2sc(N(CC3CCCO3)C(=O)COc3ccc(Cl)cc3Cl)nc12. The first-order chi connectivity index (χ1) is 15.0. The van der Waals surface area contributed by atoms with Gasteiger partial charge >= 0.3 is 0 Å². The van der Waals surface area contributed by atoms with Gasteiger partial charge in [0.15, 0.2) is 11.7 Å². The Hall–Kier alpha value is -2.06. The third-order valence-corrected chi connectivity index (χ3v) is 6.84. The Morgan fingerprint density at radius 2 is 2.10 bits per heavy atom. The third kappa shape index (κ3) is 4.90. The van der Waals surface area contributed by atoms with Crippen LogP contribution in [0.4, 0.5) is 5.13 Å². The molecule has 0 saturated carbocycles. The quantitative estimate of drug-likeness (QED) is 0.445. The molecule has 1 saturated heterocycles. The van der Waals surface area contributed by atoms with Crippen molar-refractivity contribution < 1.29 is 19.0 Å². The lowest BCUT2D eigenvalue weighted by molar-refractivity contribution is -0.120. The molecule has 164 valence electrons. The molecule has 1 atom stereocenters. The number of rotatable bonds is 7. The molecule has 1 amide bonds. The van der Waals surface area contributed by atoms with Crippen LogP contribution in [-0.4, -0.2) is 43.9 Å². The second kappa shape index (κ2) is 9.61. The van der Waals surface area contributed by atoms with E-state index in [0.717, 1.165) is 28.6 Å². The number of aromatic nitrogens is 1. The molecule has 9 heteroatoms. The Labute approximate surface area is 194 Å². The van der Waals surface area contributed by atoms with Crippen LogP contribution in [-0.2, 0) is 9.53 Å². The largest absolute Gasteiger partial charge is 0.494 e. The Balaban J connectivity index is 1.61. The lowest BCUT2D eigenvalue weighted by Gasteiger charge is -2.23. The summed E-state index contributed by atoms with van der Waals surface area (Å²) in [5.41, 5.74) is 1.82. The maximum Gasteiger partial charge on any atom is 0.266 e. The van der Waals surface area contributed by atoms with E-state index < -0.39 is 0 Å². The number of thiazole rings is 1. The standard InChI is InChI=1S/C22H22Cl2N2O4S/c1-13-5-7-18(28-2)20-21(13)31-22(25-20)26(11-15-4-3-9-29-15)19(27)12-30-17-8-6-14(23)10-16(17)24/h5-8,10,15H,3-4,9,11-12H2,1-2H3. The van der Waals surface area contributed by atoms with Crippen molar-refractivity contribution >= 4 is 55.8 Å². The summed E-state index contributed by atoms with van der Waals surface area (Å²) in [6.07, 6.45) is 1.86. The maximum atomic E-state index is 13.2. The van der Waals surface area contributed by atoms with Crippen LogP contribution < -0.4 is 14.4 Å². The summed E-state index contributed by atoms with van der Waals surface area (Å²) in [4.78, 5) is 19.6. The lowest BCUT2D eigenvalue weighted by atomic mass is 10.2. The molecule has 6 nitrogen and oxygen atoms in total. The highest BCUT2D eigenvalue weighted by atomic mass is 35.5. The van der Waals surface area contributed by atoms with Crippen molar-refractivity contribution in [2.45, 2.75) is 25.9 Å². The van der Waals surface area contributed by atoms with E-state index in [2.05, 4.69) is 0 Å². The molecule has 2 heterocycles. The summed E-state index contributed by atoms with van der Waals surface area (Å²) in [5.74, 6) is 0.854. The zero-order valence-electron chi connectivity index (χ0n) is 17.2. The summed E-state index contributed by atoms with van der Waals surface area (Å²) >= 11 is 13.6. The minimum atomic E-state index is -0.225. The number of methoxy groups -OCH3 is 1. The second-order valence-electron chi connectivity index (χ2n) is 7.26.